The Morgan fingerprint density at radius 3 is 2.50 bits per heavy atom. The maximum atomic E-state index is 11.0. The molecule has 0 N–H and O–H groups in total. The Labute approximate surface area is 67.6 Å². The number of thioether (sulfide) groups is 1. The fraction of sp³-hybridized carbons (Fsp3) is 0.875. The molecule has 0 aromatic carbocycles. The third kappa shape index (κ3) is 6.14. The Balaban J connectivity index is 3.26. The first-order valence-electron chi connectivity index (χ1n) is 3.76. The van der Waals surface area contributed by atoms with Crippen LogP contribution in [0, 0.1) is 5.92 Å². The number of hydrogen-bond acceptors (Lipinski definition) is 2. The van der Waals surface area contributed by atoms with Gasteiger partial charge in [-0.05, 0) is 11.7 Å². The van der Waals surface area contributed by atoms with Crippen LogP contribution in [0.5, 0.6) is 0 Å². The van der Waals surface area contributed by atoms with E-state index >= 15 is 0 Å². The van der Waals surface area contributed by atoms with Gasteiger partial charge in [0.25, 0.3) is 0 Å². The first kappa shape index (κ1) is 10.0. The van der Waals surface area contributed by atoms with E-state index in [1.54, 1.807) is 11.8 Å². The maximum absolute atomic E-state index is 11.0. The lowest BCUT2D eigenvalue weighted by Crippen LogP contribution is -2.05. The molecule has 1 nitrogen and oxygen atoms in total. The molecule has 0 amide bonds. The molecule has 0 unspecified atom stereocenters. The predicted molar refractivity (Wildman–Crippen MR) is 47.5 cm³/mol. The van der Waals surface area contributed by atoms with Crippen LogP contribution in [0.15, 0.2) is 0 Å². The van der Waals surface area contributed by atoms with Crippen LogP contribution in [0.3, 0.4) is 0 Å². The molecular formula is C8H16OS. The average molecular weight is 160 g/mol. The van der Waals surface area contributed by atoms with Crippen LogP contribution in [0.25, 0.3) is 0 Å². The zero-order valence-electron chi connectivity index (χ0n) is 7.02. The van der Waals surface area contributed by atoms with Crippen molar-refractivity contribution in [3.63, 3.8) is 0 Å². The van der Waals surface area contributed by atoms with Gasteiger partial charge in [-0.25, -0.2) is 0 Å². The molecule has 0 saturated heterocycles. The van der Waals surface area contributed by atoms with Crippen molar-refractivity contribution < 1.29 is 4.79 Å². The van der Waals surface area contributed by atoms with Crippen LogP contribution in [-0.4, -0.2) is 17.3 Å². The van der Waals surface area contributed by atoms with Gasteiger partial charge in [-0.15, -0.1) is 0 Å². The normalized spacial score (nSPS) is 10.4. The van der Waals surface area contributed by atoms with Crippen molar-refractivity contribution in [1.82, 2.24) is 0 Å². The summed E-state index contributed by atoms with van der Waals surface area (Å²) >= 11 is 1.71. The summed E-state index contributed by atoms with van der Waals surface area (Å²) in [6.07, 6.45) is 0.743. The lowest BCUT2D eigenvalue weighted by molar-refractivity contribution is -0.117. The summed E-state index contributed by atoms with van der Waals surface area (Å²) in [7, 11) is 0. The van der Waals surface area contributed by atoms with Crippen molar-refractivity contribution in [1.29, 1.82) is 0 Å². The van der Waals surface area contributed by atoms with E-state index in [9.17, 15) is 4.79 Å². The van der Waals surface area contributed by atoms with E-state index in [4.69, 9.17) is 0 Å². The molecule has 0 radical (unpaired) electrons. The molecule has 0 fully saturated rings. The van der Waals surface area contributed by atoms with E-state index in [0.717, 1.165) is 12.2 Å². The number of rotatable bonds is 5. The Bertz CT molecular complexity index is 99.4. The molecule has 2 heteroatoms. The highest BCUT2D eigenvalue weighted by atomic mass is 32.2. The molecule has 0 aliphatic rings. The highest BCUT2D eigenvalue weighted by molar-refractivity contribution is 7.99. The van der Waals surface area contributed by atoms with Crippen LogP contribution in [0.1, 0.15) is 27.2 Å². The summed E-state index contributed by atoms with van der Waals surface area (Å²) in [6, 6.07) is 0. The minimum absolute atomic E-state index is 0.391. The van der Waals surface area contributed by atoms with Crippen molar-refractivity contribution in [2.24, 2.45) is 5.92 Å². The highest BCUT2D eigenvalue weighted by Crippen LogP contribution is 2.05. The predicted octanol–water partition coefficient (Wildman–Crippen LogP) is 2.35. The van der Waals surface area contributed by atoms with E-state index < -0.39 is 0 Å². The molecule has 0 aromatic rings. The van der Waals surface area contributed by atoms with E-state index in [1.165, 1.54) is 0 Å². The van der Waals surface area contributed by atoms with Crippen LogP contribution < -0.4 is 0 Å². The van der Waals surface area contributed by atoms with Gasteiger partial charge in [-0.1, -0.05) is 20.8 Å². The lowest BCUT2D eigenvalue weighted by Gasteiger charge is -2.01. The monoisotopic (exact) mass is 160 g/mol. The number of carbonyl (C=O) groups excluding carboxylic acids is 1. The summed E-state index contributed by atoms with van der Waals surface area (Å²) < 4.78 is 0. The van der Waals surface area contributed by atoms with Crippen LogP contribution in [-0.2, 0) is 4.79 Å². The van der Waals surface area contributed by atoms with Crippen LogP contribution >= 0.6 is 11.8 Å². The summed E-state index contributed by atoms with van der Waals surface area (Å²) in [4.78, 5) is 11.0. The van der Waals surface area contributed by atoms with Gasteiger partial charge in [0.1, 0.15) is 5.78 Å². The first-order chi connectivity index (χ1) is 4.66. The zero-order chi connectivity index (χ0) is 7.98. The van der Waals surface area contributed by atoms with Gasteiger partial charge in [0.05, 0.1) is 5.75 Å². The molecule has 10 heavy (non-hydrogen) atoms. The Kier molecular flexibility index (Phi) is 5.79. The van der Waals surface area contributed by atoms with E-state index in [1.807, 2.05) is 0 Å². The standard InChI is InChI=1S/C8H16OS/c1-4-10-6-8(9)5-7(2)3/h7H,4-6H2,1-3H3. The van der Waals surface area contributed by atoms with Crippen molar-refractivity contribution >= 4 is 17.5 Å². The van der Waals surface area contributed by atoms with Crippen LogP contribution in [0.4, 0.5) is 0 Å². The van der Waals surface area contributed by atoms with Gasteiger partial charge in [0.15, 0.2) is 0 Å². The van der Waals surface area contributed by atoms with Gasteiger partial charge in [-0.3, -0.25) is 4.79 Å². The maximum Gasteiger partial charge on any atom is 0.142 e. The van der Waals surface area contributed by atoms with Gasteiger partial charge < -0.3 is 0 Å². The number of carbonyl (C=O) groups is 1. The Morgan fingerprint density at radius 1 is 1.50 bits per heavy atom. The molecule has 0 bridgehead atoms. The first-order valence-corrected chi connectivity index (χ1v) is 4.91. The average Bonchev–Trinajstić information content (AvgIpc) is 1.82. The molecule has 0 aliphatic carbocycles. The minimum atomic E-state index is 0.391. The molecule has 0 atom stereocenters. The second-order valence-electron chi connectivity index (χ2n) is 2.77. The zero-order valence-corrected chi connectivity index (χ0v) is 7.83. The minimum Gasteiger partial charge on any atom is -0.299 e. The number of Topliss-reactive ketones (excluding diaryl/α,β-unsaturated/α-hetero) is 1. The SMILES string of the molecule is CCSCC(=O)CC(C)C. The summed E-state index contributed by atoms with van der Waals surface area (Å²) in [6.45, 7) is 6.23. The second kappa shape index (κ2) is 5.78. The van der Waals surface area contributed by atoms with Crippen molar-refractivity contribution in [3.8, 4) is 0 Å². The fourth-order valence-electron chi connectivity index (χ4n) is 0.730. The Hall–Kier alpha value is 0.0200. The van der Waals surface area contributed by atoms with Crippen molar-refractivity contribution in [3.05, 3.63) is 0 Å². The van der Waals surface area contributed by atoms with E-state index in [2.05, 4.69) is 20.8 Å². The third-order valence-electron chi connectivity index (χ3n) is 1.10. The summed E-state index contributed by atoms with van der Waals surface area (Å²) in [5.41, 5.74) is 0. The van der Waals surface area contributed by atoms with E-state index in [-0.39, 0.29) is 0 Å². The number of ketones is 1. The quantitative estimate of drug-likeness (QED) is 0.614. The number of hydrogen-bond donors (Lipinski definition) is 0. The van der Waals surface area contributed by atoms with Gasteiger partial charge >= 0.3 is 0 Å². The van der Waals surface area contributed by atoms with Gasteiger partial charge in [-0.2, -0.15) is 11.8 Å². The van der Waals surface area contributed by atoms with Crippen LogP contribution in [0.2, 0.25) is 0 Å². The molecule has 0 rings (SSSR count). The summed E-state index contributed by atoms with van der Waals surface area (Å²) in [5.74, 6) is 2.66. The molecular weight excluding hydrogens is 144 g/mol. The summed E-state index contributed by atoms with van der Waals surface area (Å²) in [5, 5.41) is 0. The largest absolute Gasteiger partial charge is 0.299 e. The Morgan fingerprint density at radius 2 is 2.10 bits per heavy atom. The molecule has 0 heterocycles. The topological polar surface area (TPSA) is 17.1 Å². The molecule has 0 spiro atoms. The second-order valence-corrected chi connectivity index (χ2v) is 4.05. The fourth-order valence-corrected chi connectivity index (χ4v) is 1.28. The van der Waals surface area contributed by atoms with Crippen molar-refractivity contribution in [2.75, 3.05) is 11.5 Å². The molecule has 0 saturated carbocycles. The highest BCUT2D eigenvalue weighted by Gasteiger charge is 2.03. The lowest BCUT2D eigenvalue weighted by atomic mass is 10.1. The molecule has 60 valence electrons. The van der Waals surface area contributed by atoms with Crippen molar-refractivity contribution in [2.45, 2.75) is 27.2 Å². The van der Waals surface area contributed by atoms with Gasteiger partial charge in [0.2, 0.25) is 0 Å². The molecule has 0 aliphatic heterocycles. The smallest absolute Gasteiger partial charge is 0.142 e. The third-order valence-corrected chi connectivity index (χ3v) is 2.04. The molecule has 0 aromatic heterocycles. The van der Waals surface area contributed by atoms with Gasteiger partial charge in [0, 0.05) is 6.42 Å². The van der Waals surface area contributed by atoms with E-state index in [0.29, 0.717) is 17.5 Å².